The van der Waals surface area contributed by atoms with Gasteiger partial charge < -0.3 is 0 Å². The maximum atomic E-state index is 11.2. The van der Waals surface area contributed by atoms with Crippen LogP contribution in [0, 0.1) is 0 Å². The summed E-state index contributed by atoms with van der Waals surface area (Å²) in [6.45, 7) is 0. The van der Waals surface area contributed by atoms with Crippen molar-refractivity contribution in [2.24, 2.45) is 0 Å². The molecule has 1 aromatic carbocycles. The van der Waals surface area contributed by atoms with Crippen molar-refractivity contribution in [1.82, 2.24) is 0 Å². The van der Waals surface area contributed by atoms with Gasteiger partial charge in [-0.1, -0.05) is 0 Å². The second-order valence-electron chi connectivity index (χ2n) is 2.01. The first-order chi connectivity index (χ1) is 5.56. The summed E-state index contributed by atoms with van der Waals surface area (Å²) < 4.78 is 27.5. The summed E-state index contributed by atoms with van der Waals surface area (Å²) in [6.07, 6.45) is 0. The average molecular weight is 440 g/mol. The second kappa shape index (κ2) is 4.16. The molecule has 0 saturated carbocycles. The zero-order chi connectivity index (χ0) is 9.19. The fourth-order valence-corrected chi connectivity index (χ4v) is 3.15. The molecule has 0 heterocycles. The summed E-state index contributed by atoms with van der Waals surface area (Å²) in [6, 6.07) is 6.43. The first-order valence-corrected chi connectivity index (χ1v) is 6.98. The zero-order valence-electron chi connectivity index (χ0n) is 5.90. The van der Waals surface area contributed by atoms with Crippen LogP contribution in [-0.4, -0.2) is 34.6 Å². The van der Waals surface area contributed by atoms with Crippen molar-refractivity contribution >= 4 is 52.3 Å². The Balaban J connectivity index is 3.21. The first kappa shape index (κ1) is 10.6. The Morgan fingerprint density at radius 3 is 2.58 bits per heavy atom. The van der Waals surface area contributed by atoms with E-state index in [1.807, 2.05) is 0 Å². The van der Waals surface area contributed by atoms with Gasteiger partial charge in [0.05, 0.1) is 0 Å². The number of hydrogen-bond donors (Lipinski definition) is 0. The Hall–Kier alpha value is 0.532. The molecule has 62 valence electrons. The summed E-state index contributed by atoms with van der Waals surface area (Å²) in [7, 11) is -3.48. The molecule has 0 aliphatic heterocycles. The van der Waals surface area contributed by atoms with Crippen LogP contribution in [0.1, 0.15) is 0 Å². The predicted molar refractivity (Wildman–Crippen MR) is 48.2 cm³/mol. The number of hydrogen-bond acceptors (Lipinski definition) is 3. The van der Waals surface area contributed by atoms with Gasteiger partial charge in [-0.15, -0.1) is 0 Å². The van der Waals surface area contributed by atoms with Crippen molar-refractivity contribution in [1.29, 1.82) is 0 Å². The van der Waals surface area contributed by atoms with Gasteiger partial charge in [-0.05, 0) is 0 Å². The summed E-state index contributed by atoms with van der Waals surface area (Å²) in [4.78, 5) is 0.194. The molecule has 0 aliphatic carbocycles. The van der Waals surface area contributed by atoms with E-state index in [0.29, 0.717) is 0 Å². The third-order valence-electron chi connectivity index (χ3n) is 1.21. The summed E-state index contributed by atoms with van der Waals surface area (Å²) >= 11 is 3.16. The minimum absolute atomic E-state index is 0.0148. The Bertz CT molecular complexity index is 376. The second-order valence-corrected chi connectivity index (χ2v) is 6.74. The molecule has 0 N–H and O–H groups in total. The fraction of sp³-hybridized carbons (Fsp3) is 0. The van der Waals surface area contributed by atoms with Crippen molar-refractivity contribution < 1.29 is 10.6 Å². The van der Waals surface area contributed by atoms with E-state index in [4.69, 9.17) is 0 Å². The van der Waals surface area contributed by atoms with Gasteiger partial charge in [0, 0.05) is 0 Å². The van der Waals surface area contributed by atoms with Crippen LogP contribution in [0.4, 0.5) is 0 Å². The van der Waals surface area contributed by atoms with Gasteiger partial charge in [-0.2, -0.15) is 0 Å². The molecule has 0 saturated heterocycles. The van der Waals surface area contributed by atoms with Gasteiger partial charge in [-0.3, -0.25) is 0 Å². The molecule has 3 nitrogen and oxygen atoms in total. The van der Waals surface area contributed by atoms with Gasteiger partial charge in [0.2, 0.25) is 0 Å². The molecular weight excluding hydrogens is 436 g/mol. The van der Waals surface area contributed by atoms with Gasteiger partial charge in [-0.25, -0.2) is 0 Å². The van der Waals surface area contributed by atoms with Crippen LogP contribution >= 0.6 is 15.9 Å². The van der Waals surface area contributed by atoms with Crippen molar-refractivity contribution in [3.05, 3.63) is 28.7 Å². The molecule has 0 amide bonds. The third-order valence-corrected chi connectivity index (χ3v) is 5.74. The Morgan fingerprint density at radius 1 is 1.42 bits per heavy atom. The fourth-order valence-electron chi connectivity index (χ4n) is 0.678. The van der Waals surface area contributed by atoms with E-state index in [-0.39, 0.29) is 31.1 Å². The van der Waals surface area contributed by atoms with Crippen LogP contribution in [0.2, 0.25) is 0 Å². The first-order valence-electron chi connectivity index (χ1n) is 2.95. The number of benzene rings is 1. The van der Waals surface area contributed by atoms with Crippen LogP contribution < -0.4 is 0 Å². The van der Waals surface area contributed by atoms with Gasteiger partial charge in [0.1, 0.15) is 0 Å². The Morgan fingerprint density at radius 2 is 2.08 bits per heavy atom. The standard InChI is InChI=1S/C6H5BrO3S.Tl/c7-5-2-1-3-6(4-5)11(8,9)10;/h1-4H,(H,8,9,10);/q;+1/p-1. The van der Waals surface area contributed by atoms with E-state index in [2.05, 4.69) is 18.1 Å². The molecule has 6 heteroatoms. The minimum atomic E-state index is -3.48. The third kappa shape index (κ3) is 2.51. The molecule has 0 bridgehead atoms. The Kier molecular flexibility index (Phi) is 3.68. The normalized spacial score (nSPS) is 11.3. The molecule has 1 aromatic rings. The van der Waals surface area contributed by atoms with Crippen LogP contribution in [0.15, 0.2) is 33.6 Å². The van der Waals surface area contributed by atoms with E-state index in [9.17, 15) is 8.42 Å². The predicted octanol–water partition coefficient (Wildman–Crippen LogP) is 1.24. The molecule has 0 aromatic heterocycles. The molecule has 12 heavy (non-hydrogen) atoms. The maximum absolute atomic E-state index is 11.2. The molecule has 0 unspecified atom stereocenters. The number of rotatable bonds is 2. The van der Waals surface area contributed by atoms with E-state index < -0.39 is 10.1 Å². The van der Waals surface area contributed by atoms with Crippen LogP contribution in [0.25, 0.3) is 0 Å². The molecule has 0 radical (unpaired) electrons. The average Bonchev–Trinajstić information content (AvgIpc) is 2.05. The molecule has 1 rings (SSSR count). The zero-order valence-corrected chi connectivity index (χ0v) is 12.8. The summed E-state index contributed by atoms with van der Waals surface area (Å²) in [5.41, 5.74) is 0. The van der Waals surface area contributed by atoms with Crippen LogP contribution in [-0.2, 0) is 12.3 Å². The molecule has 0 spiro atoms. The van der Waals surface area contributed by atoms with Crippen molar-refractivity contribution in [2.75, 3.05) is 0 Å². The van der Waals surface area contributed by atoms with E-state index in [1.165, 1.54) is 12.1 Å². The summed E-state index contributed by atoms with van der Waals surface area (Å²) in [5, 5.41) is 0. The van der Waals surface area contributed by atoms with E-state index >= 15 is 0 Å². The molecule has 0 atom stereocenters. The molecule has 0 aliphatic rings. The van der Waals surface area contributed by atoms with Crippen LogP contribution in [0.3, 0.4) is 0 Å². The van der Waals surface area contributed by atoms with E-state index in [1.54, 1.807) is 12.1 Å². The SMILES string of the molecule is O=S(=O)([O][Tl])c1cccc(Br)c1. The van der Waals surface area contributed by atoms with Crippen molar-refractivity contribution in [2.45, 2.75) is 4.90 Å². The monoisotopic (exact) mass is 440 g/mol. The van der Waals surface area contributed by atoms with Crippen LogP contribution in [0.5, 0.6) is 0 Å². The summed E-state index contributed by atoms with van der Waals surface area (Å²) in [5.74, 6) is 0. The topological polar surface area (TPSA) is 43.4 Å². The van der Waals surface area contributed by atoms with Gasteiger partial charge in [0.25, 0.3) is 0 Å². The van der Waals surface area contributed by atoms with E-state index in [0.717, 1.165) is 4.47 Å². The number of halogens is 1. The van der Waals surface area contributed by atoms with Gasteiger partial charge in [0.15, 0.2) is 0 Å². The Labute approximate surface area is 95.7 Å². The molecule has 0 fully saturated rings. The molecular formula is C6H4BrO3STl. The quantitative estimate of drug-likeness (QED) is 0.650. The van der Waals surface area contributed by atoms with Crippen molar-refractivity contribution in [3.63, 3.8) is 0 Å². The van der Waals surface area contributed by atoms with Crippen molar-refractivity contribution in [3.8, 4) is 0 Å². The van der Waals surface area contributed by atoms with Gasteiger partial charge >= 0.3 is 96.5 Å².